The maximum absolute atomic E-state index is 8.86. The molecule has 0 N–H and O–H groups in total. The van der Waals surface area contributed by atoms with E-state index in [1.54, 1.807) is 6.20 Å². The van der Waals surface area contributed by atoms with Gasteiger partial charge in [-0.1, -0.05) is 26.7 Å². The van der Waals surface area contributed by atoms with Gasteiger partial charge in [0.1, 0.15) is 6.07 Å². The molecule has 2 heteroatoms. The van der Waals surface area contributed by atoms with E-state index in [1.165, 1.54) is 36.9 Å². The van der Waals surface area contributed by atoms with Gasteiger partial charge in [0.25, 0.3) is 0 Å². The van der Waals surface area contributed by atoms with Gasteiger partial charge in [0.2, 0.25) is 0 Å². The number of unbranched alkanes of at least 4 members (excludes halogenated alkanes) is 2. The topological polar surface area (TPSA) is 36.7 Å². The van der Waals surface area contributed by atoms with Gasteiger partial charge in [0, 0.05) is 11.9 Å². The molecule has 0 fully saturated rings. The SMILES string of the molecule is CCCCc1cc(C#N)cnc1CCCC. The Hall–Kier alpha value is -1.36. The van der Waals surface area contributed by atoms with E-state index in [1.807, 2.05) is 6.07 Å². The normalized spacial score (nSPS) is 10.1. The molecule has 0 saturated carbocycles. The van der Waals surface area contributed by atoms with Crippen LogP contribution in [0.25, 0.3) is 0 Å². The van der Waals surface area contributed by atoms with Crippen molar-refractivity contribution in [3.63, 3.8) is 0 Å². The molecule has 0 aliphatic heterocycles. The van der Waals surface area contributed by atoms with Gasteiger partial charge in [-0.15, -0.1) is 0 Å². The molecule has 1 rings (SSSR count). The van der Waals surface area contributed by atoms with Crippen molar-refractivity contribution in [2.75, 3.05) is 0 Å². The molecule has 16 heavy (non-hydrogen) atoms. The van der Waals surface area contributed by atoms with E-state index in [2.05, 4.69) is 24.9 Å². The summed E-state index contributed by atoms with van der Waals surface area (Å²) in [5.41, 5.74) is 3.15. The summed E-state index contributed by atoms with van der Waals surface area (Å²) < 4.78 is 0. The van der Waals surface area contributed by atoms with Gasteiger partial charge in [-0.05, 0) is 37.3 Å². The highest BCUT2D eigenvalue weighted by Crippen LogP contribution is 2.14. The zero-order chi connectivity index (χ0) is 11.8. The zero-order valence-electron chi connectivity index (χ0n) is 10.3. The Labute approximate surface area is 98.3 Å². The largest absolute Gasteiger partial charge is 0.260 e. The third kappa shape index (κ3) is 3.66. The average molecular weight is 216 g/mol. The maximum atomic E-state index is 8.86. The third-order valence-corrected chi connectivity index (χ3v) is 2.76. The molecule has 1 aromatic heterocycles. The van der Waals surface area contributed by atoms with E-state index < -0.39 is 0 Å². The molecule has 1 heterocycles. The summed E-state index contributed by atoms with van der Waals surface area (Å²) in [5, 5.41) is 8.86. The van der Waals surface area contributed by atoms with Gasteiger partial charge in [-0.2, -0.15) is 5.26 Å². The molecule has 0 radical (unpaired) electrons. The first-order chi connectivity index (χ1) is 7.81. The van der Waals surface area contributed by atoms with Crippen LogP contribution >= 0.6 is 0 Å². The molecule has 0 unspecified atom stereocenters. The van der Waals surface area contributed by atoms with Gasteiger partial charge in [0.15, 0.2) is 0 Å². The molecule has 1 aromatic rings. The van der Waals surface area contributed by atoms with Gasteiger partial charge in [-0.25, -0.2) is 0 Å². The first-order valence-corrected chi connectivity index (χ1v) is 6.19. The Bertz CT molecular complexity index is 363. The van der Waals surface area contributed by atoms with Crippen molar-refractivity contribution in [1.82, 2.24) is 4.98 Å². The van der Waals surface area contributed by atoms with Crippen molar-refractivity contribution in [2.24, 2.45) is 0 Å². The van der Waals surface area contributed by atoms with Crippen LogP contribution in [0.1, 0.15) is 56.4 Å². The standard InChI is InChI=1S/C14H20N2/c1-3-5-7-13-9-12(10-15)11-16-14(13)8-6-4-2/h9,11H,3-8H2,1-2H3. The lowest BCUT2D eigenvalue weighted by atomic mass is 10.0. The summed E-state index contributed by atoms with van der Waals surface area (Å²) in [6.45, 7) is 4.38. The lowest BCUT2D eigenvalue weighted by Crippen LogP contribution is -1.99. The van der Waals surface area contributed by atoms with Gasteiger partial charge < -0.3 is 0 Å². The highest BCUT2D eigenvalue weighted by atomic mass is 14.7. The fourth-order valence-electron chi connectivity index (χ4n) is 1.75. The van der Waals surface area contributed by atoms with Crippen LogP contribution in [0.4, 0.5) is 0 Å². The molecule has 0 aromatic carbocycles. The first-order valence-electron chi connectivity index (χ1n) is 6.19. The molecule has 0 atom stereocenters. The Morgan fingerprint density at radius 3 is 2.50 bits per heavy atom. The number of nitrogens with zero attached hydrogens (tertiary/aromatic N) is 2. The monoisotopic (exact) mass is 216 g/mol. The predicted octanol–water partition coefficient (Wildman–Crippen LogP) is 3.64. The second-order valence-electron chi connectivity index (χ2n) is 4.15. The minimum atomic E-state index is 0.686. The van der Waals surface area contributed by atoms with E-state index in [0.717, 1.165) is 12.8 Å². The molecule has 0 aliphatic carbocycles. The summed E-state index contributed by atoms with van der Waals surface area (Å²) in [6, 6.07) is 4.17. The van der Waals surface area contributed by atoms with E-state index in [4.69, 9.17) is 5.26 Å². The summed E-state index contributed by atoms with van der Waals surface area (Å²) in [6.07, 6.45) is 8.52. The smallest absolute Gasteiger partial charge is 0.101 e. The number of hydrogen-bond donors (Lipinski definition) is 0. The van der Waals surface area contributed by atoms with Crippen LogP contribution in [-0.4, -0.2) is 4.98 Å². The summed E-state index contributed by atoms with van der Waals surface area (Å²) in [4.78, 5) is 4.42. The second kappa shape index (κ2) is 7.00. The fourth-order valence-corrected chi connectivity index (χ4v) is 1.75. The van der Waals surface area contributed by atoms with Crippen molar-refractivity contribution in [3.8, 4) is 6.07 Å². The molecular formula is C14H20N2. The number of aromatic nitrogens is 1. The summed E-state index contributed by atoms with van der Waals surface area (Å²) in [5.74, 6) is 0. The van der Waals surface area contributed by atoms with E-state index in [0.29, 0.717) is 5.56 Å². The average Bonchev–Trinajstić information content (AvgIpc) is 2.34. The Balaban J connectivity index is 2.83. The fraction of sp³-hybridized carbons (Fsp3) is 0.571. The highest BCUT2D eigenvalue weighted by Gasteiger charge is 2.05. The minimum absolute atomic E-state index is 0.686. The molecule has 0 bridgehead atoms. The third-order valence-electron chi connectivity index (χ3n) is 2.76. The van der Waals surface area contributed by atoms with Crippen LogP contribution in [0.15, 0.2) is 12.3 Å². The molecule has 0 spiro atoms. The van der Waals surface area contributed by atoms with E-state index in [9.17, 15) is 0 Å². The van der Waals surface area contributed by atoms with E-state index in [-0.39, 0.29) is 0 Å². The quantitative estimate of drug-likeness (QED) is 0.728. The van der Waals surface area contributed by atoms with Crippen LogP contribution in [0.2, 0.25) is 0 Å². The maximum Gasteiger partial charge on any atom is 0.101 e. The number of hydrogen-bond acceptors (Lipinski definition) is 2. The number of nitriles is 1. The molecule has 0 saturated heterocycles. The van der Waals surface area contributed by atoms with Crippen molar-refractivity contribution in [3.05, 3.63) is 29.1 Å². The van der Waals surface area contributed by atoms with E-state index >= 15 is 0 Å². The Morgan fingerprint density at radius 1 is 1.19 bits per heavy atom. The number of aryl methyl sites for hydroxylation is 2. The predicted molar refractivity (Wildman–Crippen MR) is 66.2 cm³/mol. The minimum Gasteiger partial charge on any atom is -0.260 e. The molecule has 86 valence electrons. The Morgan fingerprint density at radius 2 is 1.88 bits per heavy atom. The first kappa shape index (κ1) is 12.7. The van der Waals surface area contributed by atoms with Crippen molar-refractivity contribution >= 4 is 0 Å². The van der Waals surface area contributed by atoms with Crippen molar-refractivity contribution < 1.29 is 0 Å². The van der Waals surface area contributed by atoms with Crippen LogP contribution in [0.5, 0.6) is 0 Å². The highest BCUT2D eigenvalue weighted by molar-refractivity contribution is 5.33. The number of rotatable bonds is 6. The summed E-state index contributed by atoms with van der Waals surface area (Å²) in [7, 11) is 0. The van der Waals surface area contributed by atoms with Gasteiger partial charge in [0.05, 0.1) is 5.56 Å². The zero-order valence-corrected chi connectivity index (χ0v) is 10.3. The van der Waals surface area contributed by atoms with Gasteiger partial charge >= 0.3 is 0 Å². The molecule has 0 aliphatic rings. The summed E-state index contributed by atoms with van der Waals surface area (Å²) >= 11 is 0. The van der Waals surface area contributed by atoms with Crippen LogP contribution in [-0.2, 0) is 12.8 Å². The van der Waals surface area contributed by atoms with Crippen molar-refractivity contribution in [2.45, 2.75) is 52.4 Å². The van der Waals surface area contributed by atoms with Crippen LogP contribution in [0.3, 0.4) is 0 Å². The molecule has 2 nitrogen and oxygen atoms in total. The van der Waals surface area contributed by atoms with Crippen molar-refractivity contribution in [1.29, 1.82) is 5.26 Å². The molecule has 0 amide bonds. The van der Waals surface area contributed by atoms with Gasteiger partial charge in [-0.3, -0.25) is 4.98 Å². The lowest BCUT2D eigenvalue weighted by molar-refractivity contribution is 0.740. The lowest BCUT2D eigenvalue weighted by Gasteiger charge is -2.08. The van der Waals surface area contributed by atoms with Crippen LogP contribution in [0, 0.1) is 11.3 Å². The second-order valence-corrected chi connectivity index (χ2v) is 4.15. The molecular weight excluding hydrogens is 196 g/mol. The van der Waals surface area contributed by atoms with Crippen LogP contribution < -0.4 is 0 Å². The Kier molecular flexibility index (Phi) is 5.56. The number of pyridine rings is 1.